The highest BCUT2D eigenvalue weighted by atomic mass is 32.2. The van der Waals surface area contributed by atoms with Crippen molar-refractivity contribution in [3.05, 3.63) is 5.82 Å². The van der Waals surface area contributed by atoms with Crippen molar-refractivity contribution < 1.29 is 4.79 Å². The Kier molecular flexibility index (Phi) is 2.72. The van der Waals surface area contributed by atoms with Crippen molar-refractivity contribution >= 4 is 17.7 Å². The van der Waals surface area contributed by atoms with Crippen LogP contribution in [0.2, 0.25) is 0 Å². The molecule has 1 aromatic heterocycles. The fourth-order valence-electron chi connectivity index (χ4n) is 1.29. The Morgan fingerprint density at radius 3 is 3.21 bits per heavy atom. The van der Waals surface area contributed by atoms with E-state index in [4.69, 9.17) is 0 Å². The Hall–Kier alpha value is -1.04. The zero-order chi connectivity index (χ0) is 9.97. The van der Waals surface area contributed by atoms with E-state index in [9.17, 15) is 4.79 Å². The van der Waals surface area contributed by atoms with Crippen molar-refractivity contribution in [3.63, 3.8) is 0 Å². The van der Waals surface area contributed by atoms with Gasteiger partial charge in [-0.05, 0) is 6.42 Å². The largest absolute Gasteiger partial charge is 0.272 e. The number of nitrogens with zero attached hydrogens (tertiary/aromatic N) is 3. The van der Waals surface area contributed by atoms with Gasteiger partial charge in [0.05, 0.1) is 5.75 Å². The third kappa shape index (κ3) is 1.75. The lowest BCUT2D eigenvalue weighted by molar-refractivity contribution is -0.115. The summed E-state index contributed by atoms with van der Waals surface area (Å²) in [5.74, 6) is 1.30. The van der Waals surface area contributed by atoms with Crippen molar-refractivity contribution in [3.8, 4) is 0 Å². The average molecular weight is 212 g/mol. The molecule has 14 heavy (non-hydrogen) atoms. The smallest absolute Gasteiger partial charge is 0.249 e. The summed E-state index contributed by atoms with van der Waals surface area (Å²) in [7, 11) is 0. The Labute approximate surface area is 86.2 Å². The zero-order valence-corrected chi connectivity index (χ0v) is 8.80. The predicted octanol–water partition coefficient (Wildman–Crippen LogP) is 0.796. The van der Waals surface area contributed by atoms with Gasteiger partial charge in [-0.15, -0.1) is 10.2 Å². The lowest BCUT2D eigenvalue weighted by Crippen LogP contribution is -2.30. The highest BCUT2D eigenvalue weighted by molar-refractivity contribution is 7.99. The molecule has 0 fully saturated rings. The van der Waals surface area contributed by atoms with Gasteiger partial charge in [-0.25, -0.2) is 4.68 Å². The van der Waals surface area contributed by atoms with E-state index in [-0.39, 0.29) is 5.91 Å². The van der Waals surface area contributed by atoms with Crippen LogP contribution in [0.4, 0.5) is 0 Å². The number of amides is 1. The monoisotopic (exact) mass is 212 g/mol. The van der Waals surface area contributed by atoms with E-state index in [1.807, 2.05) is 0 Å². The molecule has 5 nitrogen and oxygen atoms in total. The zero-order valence-electron chi connectivity index (χ0n) is 7.99. The van der Waals surface area contributed by atoms with E-state index in [2.05, 4.69) is 22.5 Å². The summed E-state index contributed by atoms with van der Waals surface area (Å²) in [6.45, 7) is 2.13. The molecule has 0 aromatic carbocycles. The third-order valence-electron chi connectivity index (χ3n) is 2.02. The number of aromatic nitrogens is 3. The molecule has 0 aliphatic carbocycles. The summed E-state index contributed by atoms with van der Waals surface area (Å²) < 4.78 is 1.70. The standard InChI is InChI=1S/C8H12N4OS/c1-2-3-4-6-9-10-8-12(6)11-7(13)5-14-8/h2-5H2,1H3,(H,11,13). The summed E-state index contributed by atoms with van der Waals surface area (Å²) in [6, 6.07) is 0. The minimum Gasteiger partial charge on any atom is -0.272 e. The van der Waals surface area contributed by atoms with Crippen LogP contribution < -0.4 is 5.43 Å². The molecule has 0 spiro atoms. The first-order valence-corrected chi connectivity index (χ1v) is 5.66. The maximum atomic E-state index is 11.1. The van der Waals surface area contributed by atoms with Crippen LogP contribution in [0.25, 0.3) is 0 Å². The number of aryl methyl sites for hydroxylation is 1. The Morgan fingerprint density at radius 2 is 2.43 bits per heavy atom. The molecule has 0 atom stereocenters. The molecule has 0 bridgehead atoms. The number of carbonyl (C=O) groups is 1. The van der Waals surface area contributed by atoms with Crippen LogP contribution in [0.5, 0.6) is 0 Å². The molecule has 0 saturated heterocycles. The van der Waals surface area contributed by atoms with E-state index in [1.54, 1.807) is 4.68 Å². The van der Waals surface area contributed by atoms with Crippen LogP contribution in [0, 0.1) is 0 Å². The minimum absolute atomic E-state index is 0.0139. The second kappa shape index (κ2) is 4.00. The molecule has 1 aliphatic heterocycles. The summed E-state index contributed by atoms with van der Waals surface area (Å²) in [5.41, 5.74) is 2.75. The summed E-state index contributed by atoms with van der Waals surface area (Å²) in [6.07, 6.45) is 3.05. The van der Waals surface area contributed by atoms with Crippen molar-refractivity contribution in [1.82, 2.24) is 14.9 Å². The molecule has 1 amide bonds. The second-order valence-electron chi connectivity index (χ2n) is 3.16. The van der Waals surface area contributed by atoms with Gasteiger partial charge in [0.15, 0.2) is 5.82 Å². The number of unbranched alkanes of at least 4 members (excludes halogenated alkanes) is 1. The summed E-state index contributed by atoms with van der Waals surface area (Å²) >= 11 is 1.43. The van der Waals surface area contributed by atoms with Gasteiger partial charge in [-0.2, -0.15) is 0 Å². The van der Waals surface area contributed by atoms with Gasteiger partial charge >= 0.3 is 0 Å². The topological polar surface area (TPSA) is 59.8 Å². The summed E-state index contributed by atoms with van der Waals surface area (Å²) in [4.78, 5) is 11.1. The number of hydrogen-bond acceptors (Lipinski definition) is 4. The number of hydrogen-bond donors (Lipinski definition) is 1. The number of thioether (sulfide) groups is 1. The van der Waals surface area contributed by atoms with Crippen molar-refractivity contribution in [2.24, 2.45) is 0 Å². The maximum Gasteiger partial charge on any atom is 0.249 e. The molecule has 1 N–H and O–H groups in total. The van der Waals surface area contributed by atoms with E-state index >= 15 is 0 Å². The molecule has 1 aliphatic rings. The highest BCUT2D eigenvalue weighted by Gasteiger charge is 2.20. The molecule has 2 heterocycles. The van der Waals surface area contributed by atoms with Gasteiger partial charge in [0, 0.05) is 6.42 Å². The fourth-order valence-corrected chi connectivity index (χ4v) is 1.99. The normalized spacial score (nSPS) is 15.1. The van der Waals surface area contributed by atoms with E-state index in [0.29, 0.717) is 5.75 Å². The highest BCUT2D eigenvalue weighted by Crippen LogP contribution is 2.19. The van der Waals surface area contributed by atoms with Crippen LogP contribution in [0.3, 0.4) is 0 Å². The summed E-state index contributed by atoms with van der Waals surface area (Å²) in [5, 5.41) is 8.84. The van der Waals surface area contributed by atoms with Crippen LogP contribution in [0.15, 0.2) is 5.16 Å². The van der Waals surface area contributed by atoms with Crippen LogP contribution >= 0.6 is 11.8 Å². The van der Waals surface area contributed by atoms with Gasteiger partial charge in [-0.3, -0.25) is 10.2 Å². The second-order valence-corrected chi connectivity index (χ2v) is 4.10. The van der Waals surface area contributed by atoms with Gasteiger partial charge in [0.1, 0.15) is 0 Å². The average Bonchev–Trinajstić information content (AvgIpc) is 2.57. The molecular weight excluding hydrogens is 200 g/mol. The number of nitrogens with one attached hydrogen (secondary N) is 1. The molecule has 0 unspecified atom stereocenters. The van der Waals surface area contributed by atoms with Gasteiger partial charge in [0.2, 0.25) is 11.1 Å². The predicted molar refractivity (Wildman–Crippen MR) is 53.7 cm³/mol. The fraction of sp³-hybridized carbons (Fsp3) is 0.625. The maximum absolute atomic E-state index is 11.1. The van der Waals surface area contributed by atoms with Crippen LogP contribution in [-0.2, 0) is 11.2 Å². The molecule has 2 rings (SSSR count). The number of carbonyl (C=O) groups excluding carboxylic acids is 1. The van der Waals surface area contributed by atoms with Gasteiger partial charge in [0.25, 0.3) is 0 Å². The Balaban J connectivity index is 2.17. The number of rotatable bonds is 3. The molecular formula is C8H12N4OS. The lowest BCUT2D eigenvalue weighted by Gasteiger charge is -2.14. The first kappa shape index (κ1) is 9.51. The minimum atomic E-state index is 0.0139. The van der Waals surface area contributed by atoms with Crippen molar-refractivity contribution in [2.75, 3.05) is 11.2 Å². The van der Waals surface area contributed by atoms with Crippen LogP contribution in [-0.4, -0.2) is 26.5 Å². The first-order valence-electron chi connectivity index (χ1n) is 4.68. The van der Waals surface area contributed by atoms with Crippen LogP contribution in [0.1, 0.15) is 25.6 Å². The SMILES string of the molecule is CCCCc1nnc2n1NC(=O)CS2. The van der Waals surface area contributed by atoms with E-state index < -0.39 is 0 Å². The molecule has 6 heteroatoms. The van der Waals surface area contributed by atoms with E-state index in [0.717, 1.165) is 30.2 Å². The Morgan fingerprint density at radius 1 is 1.57 bits per heavy atom. The van der Waals surface area contributed by atoms with Crippen molar-refractivity contribution in [1.29, 1.82) is 0 Å². The third-order valence-corrected chi connectivity index (χ3v) is 2.95. The first-order chi connectivity index (χ1) is 6.81. The lowest BCUT2D eigenvalue weighted by atomic mass is 10.2. The Bertz CT molecular complexity index is 349. The molecule has 0 radical (unpaired) electrons. The van der Waals surface area contributed by atoms with Gasteiger partial charge < -0.3 is 0 Å². The van der Waals surface area contributed by atoms with E-state index in [1.165, 1.54) is 11.8 Å². The number of fused-ring (bicyclic) bond motifs is 1. The molecule has 76 valence electrons. The van der Waals surface area contributed by atoms with Gasteiger partial charge in [-0.1, -0.05) is 25.1 Å². The molecule has 1 aromatic rings. The molecule has 0 saturated carbocycles. The van der Waals surface area contributed by atoms with Crippen molar-refractivity contribution in [2.45, 2.75) is 31.3 Å². The quantitative estimate of drug-likeness (QED) is 0.805.